The summed E-state index contributed by atoms with van der Waals surface area (Å²) in [4.78, 5) is 4.44. The van der Waals surface area contributed by atoms with Gasteiger partial charge in [0.2, 0.25) is 11.7 Å². The van der Waals surface area contributed by atoms with Crippen molar-refractivity contribution in [1.82, 2.24) is 10.1 Å². The van der Waals surface area contributed by atoms with Gasteiger partial charge >= 0.3 is 0 Å². The minimum atomic E-state index is 0.529. The van der Waals surface area contributed by atoms with Gasteiger partial charge in [-0.25, -0.2) is 0 Å². The molecule has 3 aromatic rings. The van der Waals surface area contributed by atoms with Gasteiger partial charge in [0.15, 0.2) is 0 Å². The summed E-state index contributed by atoms with van der Waals surface area (Å²) >= 11 is 0. The lowest BCUT2D eigenvalue weighted by Gasteiger charge is -2.04. The third-order valence-electron chi connectivity index (χ3n) is 3.33. The van der Waals surface area contributed by atoms with Gasteiger partial charge in [-0.05, 0) is 18.2 Å². The number of ether oxygens (including phenoxy) is 2. The predicted octanol–water partition coefficient (Wildman–Crippen LogP) is 3.34. The van der Waals surface area contributed by atoms with Gasteiger partial charge in [0.1, 0.15) is 11.5 Å². The molecule has 0 amide bonds. The lowest BCUT2D eigenvalue weighted by molar-refractivity contribution is 0.379. The fraction of sp³-hybridized carbons (Fsp3) is 0.176. The molecule has 22 heavy (non-hydrogen) atoms. The van der Waals surface area contributed by atoms with E-state index in [9.17, 15) is 0 Å². The summed E-state index contributed by atoms with van der Waals surface area (Å²) < 4.78 is 15.9. The molecule has 0 bridgehead atoms. The van der Waals surface area contributed by atoms with Gasteiger partial charge in [-0.3, -0.25) is 0 Å². The molecular weight excluding hydrogens is 280 g/mol. The highest BCUT2D eigenvalue weighted by molar-refractivity contribution is 5.56. The van der Waals surface area contributed by atoms with E-state index in [1.165, 1.54) is 0 Å². The van der Waals surface area contributed by atoms with Crippen LogP contribution in [-0.4, -0.2) is 24.4 Å². The van der Waals surface area contributed by atoms with Crippen LogP contribution in [0.15, 0.2) is 53.1 Å². The van der Waals surface area contributed by atoms with Crippen LogP contribution in [0.1, 0.15) is 11.5 Å². The molecule has 0 fully saturated rings. The highest BCUT2D eigenvalue weighted by Gasteiger charge is 2.12. The molecule has 0 spiro atoms. The van der Waals surface area contributed by atoms with Crippen molar-refractivity contribution in [2.45, 2.75) is 6.42 Å². The largest absolute Gasteiger partial charge is 0.497 e. The van der Waals surface area contributed by atoms with Crippen LogP contribution in [0.2, 0.25) is 0 Å². The van der Waals surface area contributed by atoms with Gasteiger partial charge in [0.25, 0.3) is 0 Å². The Morgan fingerprint density at radius 2 is 1.86 bits per heavy atom. The third kappa shape index (κ3) is 2.93. The number of aromatic nitrogens is 2. The second-order valence-corrected chi connectivity index (χ2v) is 4.73. The molecule has 0 saturated carbocycles. The minimum Gasteiger partial charge on any atom is -0.497 e. The summed E-state index contributed by atoms with van der Waals surface area (Å²) in [5.41, 5.74) is 1.86. The molecule has 0 aliphatic rings. The molecule has 2 aromatic carbocycles. The molecule has 1 heterocycles. The Bertz CT molecular complexity index is 768. The maximum atomic E-state index is 5.34. The zero-order valence-corrected chi connectivity index (χ0v) is 12.4. The van der Waals surface area contributed by atoms with E-state index >= 15 is 0 Å². The van der Waals surface area contributed by atoms with E-state index in [2.05, 4.69) is 10.1 Å². The highest BCUT2D eigenvalue weighted by atomic mass is 16.5. The maximum absolute atomic E-state index is 5.34. The van der Waals surface area contributed by atoms with E-state index in [0.29, 0.717) is 18.1 Å². The first-order valence-corrected chi connectivity index (χ1v) is 6.89. The molecule has 5 heteroatoms. The van der Waals surface area contributed by atoms with E-state index in [1.54, 1.807) is 14.2 Å². The van der Waals surface area contributed by atoms with Gasteiger partial charge in [0.05, 0.1) is 20.6 Å². The van der Waals surface area contributed by atoms with Crippen LogP contribution in [0.5, 0.6) is 11.5 Å². The van der Waals surface area contributed by atoms with Crippen LogP contribution in [-0.2, 0) is 6.42 Å². The molecule has 112 valence electrons. The van der Waals surface area contributed by atoms with Crippen molar-refractivity contribution in [2.75, 3.05) is 14.2 Å². The Morgan fingerprint density at radius 1 is 1.00 bits per heavy atom. The molecule has 0 atom stereocenters. The average molecular weight is 296 g/mol. The molecule has 3 rings (SSSR count). The van der Waals surface area contributed by atoms with E-state index < -0.39 is 0 Å². The molecule has 0 unspecified atom stereocenters. The Hall–Kier alpha value is -2.82. The Labute approximate surface area is 128 Å². The lowest BCUT2D eigenvalue weighted by atomic mass is 10.1. The van der Waals surface area contributed by atoms with Crippen molar-refractivity contribution in [2.24, 2.45) is 0 Å². The first-order valence-electron chi connectivity index (χ1n) is 6.89. The molecule has 0 aliphatic heterocycles. The summed E-state index contributed by atoms with van der Waals surface area (Å²) in [6.07, 6.45) is 0.529. The van der Waals surface area contributed by atoms with Gasteiger partial charge < -0.3 is 14.0 Å². The second-order valence-electron chi connectivity index (χ2n) is 4.73. The molecule has 0 N–H and O–H groups in total. The van der Waals surface area contributed by atoms with E-state index in [1.807, 2.05) is 48.5 Å². The summed E-state index contributed by atoms with van der Waals surface area (Å²) in [5, 5.41) is 4.03. The summed E-state index contributed by atoms with van der Waals surface area (Å²) in [7, 11) is 3.27. The Balaban J connectivity index is 1.84. The summed E-state index contributed by atoms with van der Waals surface area (Å²) in [6, 6.07) is 15.3. The minimum absolute atomic E-state index is 0.529. The van der Waals surface area contributed by atoms with Crippen molar-refractivity contribution in [3.63, 3.8) is 0 Å². The fourth-order valence-electron chi connectivity index (χ4n) is 2.22. The normalized spacial score (nSPS) is 10.5. The predicted molar refractivity (Wildman–Crippen MR) is 82.1 cm³/mol. The van der Waals surface area contributed by atoms with Gasteiger partial charge in [-0.1, -0.05) is 35.5 Å². The SMILES string of the molecule is COc1cccc(-c2noc(Cc3ccccc3OC)n2)c1. The highest BCUT2D eigenvalue weighted by Crippen LogP contribution is 2.24. The zero-order chi connectivity index (χ0) is 15.4. The quantitative estimate of drug-likeness (QED) is 0.722. The van der Waals surface area contributed by atoms with Crippen molar-refractivity contribution < 1.29 is 14.0 Å². The topological polar surface area (TPSA) is 57.4 Å². The smallest absolute Gasteiger partial charge is 0.231 e. The monoisotopic (exact) mass is 296 g/mol. The third-order valence-corrected chi connectivity index (χ3v) is 3.33. The van der Waals surface area contributed by atoms with Gasteiger partial charge in [-0.15, -0.1) is 0 Å². The van der Waals surface area contributed by atoms with Crippen molar-refractivity contribution in [1.29, 1.82) is 0 Å². The second kappa shape index (κ2) is 6.30. The number of hydrogen-bond donors (Lipinski definition) is 0. The fourth-order valence-corrected chi connectivity index (χ4v) is 2.22. The first-order chi connectivity index (χ1) is 10.8. The Kier molecular flexibility index (Phi) is 4.05. The van der Waals surface area contributed by atoms with E-state index in [4.69, 9.17) is 14.0 Å². The summed E-state index contributed by atoms with van der Waals surface area (Å²) in [5.74, 6) is 2.66. The van der Waals surface area contributed by atoms with Crippen molar-refractivity contribution in [3.05, 3.63) is 60.0 Å². The van der Waals surface area contributed by atoms with Crippen LogP contribution in [0.25, 0.3) is 11.4 Å². The number of hydrogen-bond acceptors (Lipinski definition) is 5. The van der Waals surface area contributed by atoms with Crippen LogP contribution < -0.4 is 9.47 Å². The lowest BCUT2D eigenvalue weighted by Crippen LogP contribution is -1.93. The van der Waals surface area contributed by atoms with Gasteiger partial charge in [0, 0.05) is 11.1 Å². The molecule has 0 radical (unpaired) electrons. The number of para-hydroxylation sites is 1. The average Bonchev–Trinajstić information content (AvgIpc) is 3.04. The number of benzene rings is 2. The molecule has 0 aliphatic carbocycles. The molecular formula is C17H16N2O3. The zero-order valence-electron chi connectivity index (χ0n) is 12.4. The van der Waals surface area contributed by atoms with Crippen molar-refractivity contribution in [3.8, 4) is 22.9 Å². The van der Waals surface area contributed by atoms with Crippen LogP contribution in [0.4, 0.5) is 0 Å². The molecule has 1 aromatic heterocycles. The van der Waals surface area contributed by atoms with Gasteiger partial charge in [-0.2, -0.15) is 4.98 Å². The standard InChI is InChI=1S/C17H16N2O3/c1-20-14-8-5-7-13(10-14)17-18-16(22-19-17)11-12-6-3-4-9-15(12)21-2/h3-10H,11H2,1-2H3. The van der Waals surface area contributed by atoms with Crippen LogP contribution >= 0.6 is 0 Å². The number of nitrogens with zero attached hydrogens (tertiary/aromatic N) is 2. The number of methoxy groups -OCH3 is 2. The first kappa shape index (κ1) is 14.1. The molecule has 0 saturated heterocycles. The summed E-state index contributed by atoms with van der Waals surface area (Å²) in [6.45, 7) is 0. The molecule has 5 nitrogen and oxygen atoms in total. The van der Waals surface area contributed by atoms with Crippen molar-refractivity contribution >= 4 is 0 Å². The van der Waals surface area contributed by atoms with Crippen LogP contribution in [0, 0.1) is 0 Å². The maximum Gasteiger partial charge on any atom is 0.231 e. The Morgan fingerprint density at radius 3 is 2.68 bits per heavy atom. The van der Waals surface area contributed by atoms with Crippen LogP contribution in [0.3, 0.4) is 0 Å². The number of rotatable bonds is 5. The van der Waals surface area contributed by atoms with E-state index in [-0.39, 0.29) is 0 Å². The van der Waals surface area contributed by atoms with E-state index in [0.717, 1.165) is 22.6 Å².